The van der Waals surface area contributed by atoms with Gasteiger partial charge in [-0.25, -0.2) is 0 Å². The van der Waals surface area contributed by atoms with Gasteiger partial charge < -0.3 is 4.90 Å². The van der Waals surface area contributed by atoms with Crippen LogP contribution in [0.4, 0.5) is 0 Å². The molecule has 0 spiro atoms. The van der Waals surface area contributed by atoms with Crippen LogP contribution in [0.15, 0.2) is 29.9 Å². The molecule has 17 heavy (non-hydrogen) atoms. The van der Waals surface area contributed by atoms with Crippen molar-refractivity contribution in [2.75, 3.05) is 7.05 Å². The number of aryl methyl sites for hydroxylation is 1. The molecule has 2 aromatic heterocycles. The predicted octanol–water partition coefficient (Wildman–Crippen LogP) is 1.91. The SMILES string of the molecule is Cc1ccsc1CN(C)C(=O)Cn1cccn1. The summed E-state index contributed by atoms with van der Waals surface area (Å²) in [6.45, 7) is 3.04. The highest BCUT2D eigenvalue weighted by molar-refractivity contribution is 7.10. The highest BCUT2D eigenvalue weighted by Gasteiger charge is 2.11. The molecule has 0 aliphatic heterocycles. The fourth-order valence-electron chi connectivity index (χ4n) is 1.52. The second-order valence-electron chi connectivity index (χ2n) is 3.98. The van der Waals surface area contributed by atoms with E-state index in [9.17, 15) is 4.79 Å². The summed E-state index contributed by atoms with van der Waals surface area (Å²) in [6.07, 6.45) is 3.47. The number of hydrogen-bond donors (Lipinski definition) is 0. The molecule has 2 heterocycles. The number of hydrogen-bond acceptors (Lipinski definition) is 3. The Bertz CT molecular complexity index is 490. The van der Waals surface area contributed by atoms with E-state index >= 15 is 0 Å². The smallest absolute Gasteiger partial charge is 0.244 e. The molecule has 5 heteroatoms. The number of aromatic nitrogens is 2. The first kappa shape index (κ1) is 11.9. The van der Waals surface area contributed by atoms with Crippen LogP contribution in [0.3, 0.4) is 0 Å². The quantitative estimate of drug-likeness (QED) is 0.830. The Labute approximate surface area is 104 Å². The van der Waals surface area contributed by atoms with E-state index in [2.05, 4.69) is 23.5 Å². The van der Waals surface area contributed by atoms with Gasteiger partial charge in [-0.2, -0.15) is 5.10 Å². The van der Waals surface area contributed by atoms with Crippen molar-refractivity contribution in [3.63, 3.8) is 0 Å². The summed E-state index contributed by atoms with van der Waals surface area (Å²) in [4.78, 5) is 14.9. The van der Waals surface area contributed by atoms with Crippen molar-refractivity contribution in [1.29, 1.82) is 0 Å². The van der Waals surface area contributed by atoms with Gasteiger partial charge in [0.25, 0.3) is 0 Å². The van der Waals surface area contributed by atoms with Crippen LogP contribution in [0, 0.1) is 6.92 Å². The zero-order valence-corrected chi connectivity index (χ0v) is 10.8. The van der Waals surface area contributed by atoms with Gasteiger partial charge in [0.1, 0.15) is 6.54 Å². The maximum absolute atomic E-state index is 11.9. The van der Waals surface area contributed by atoms with Crippen LogP contribution in [-0.2, 0) is 17.9 Å². The molecule has 1 amide bonds. The Morgan fingerprint density at radius 3 is 3.00 bits per heavy atom. The normalized spacial score (nSPS) is 10.5. The summed E-state index contributed by atoms with van der Waals surface area (Å²) >= 11 is 1.69. The summed E-state index contributed by atoms with van der Waals surface area (Å²) in [7, 11) is 1.82. The van der Waals surface area contributed by atoms with E-state index in [1.54, 1.807) is 33.3 Å². The van der Waals surface area contributed by atoms with Gasteiger partial charge in [0.05, 0.1) is 6.54 Å². The largest absolute Gasteiger partial charge is 0.339 e. The van der Waals surface area contributed by atoms with Crippen molar-refractivity contribution < 1.29 is 4.79 Å². The van der Waals surface area contributed by atoms with Crippen LogP contribution in [0.5, 0.6) is 0 Å². The average molecular weight is 249 g/mol. The molecule has 90 valence electrons. The Balaban J connectivity index is 1.94. The van der Waals surface area contributed by atoms with Gasteiger partial charge in [0.2, 0.25) is 5.91 Å². The molecule has 0 fully saturated rings. The molecule has 0 unspecified atom stereocenters. The van der Waals surface area contributed by atoms with Crippen molar-refractivity contribution in [3.05, 3.63) is 40.3 Å². The third-order valence-corrected chi connectivity index (χ3v) is 3.64. The molecule has 4 nitrogen and oxygen atoms in total. The van der Waals surface area contributed by atoms with Gasteiger partial charge in [-0.1, -0.05) is 0 Å². The first-order valence-corrected chi connectivity index (χ1v) is 6.29. The van der Waals surface area contributed by atoms with Gasteiger partial charge in [0.15, 0.2) is 0 Å². The lowest BCUT2D eigenvalue weighted by molar-refractivity contribution is -0.131. The van der Waals surface area contributed by atoms with Crippen LogP contribution in [0.25, 0.3) is 0 Å². The Hall–Kier alpha value is -1.62. The number of rotatable bonds is 4. The van der Waals surface area contributed by atoms with Crippen LogP contribution in [0.1, 0.15) is 10.4 Å². The number of thiophene rings is 1. The van der Waals surface area contributed by atoms with E-state index in [1.807, 2.05) is 13.1 Å². The second-order valence-corrected chi connectivity index (χ2v) is 4.98. The molecule has 0 N–H and O–H groups in total. The Kier molecular flexibility index (Phi) is 3.58. The van der Waals surface area contributed by atoms with E-state index in [0.29, 0.717) is 13.1 Å². The summed E-state index contributed by atoms with van der Waals surface area (Å²) in [6, 6.07) is 3.89. The Morgan fingerprint density at radius 1 is 1.59 bits per heavy atom. The molecule has 0 saturated carbocycles. The fraction of sp³-hybridized carbons (Fsp3) is 0.333. The van der Waals surface area contributed by atoms with Crippen molar-refractivity contribution in [3.8, 4) is 0 Å². The minimum Gasteiger partial charge on any atom is -0.339 e. The zero-order chi connectivity index (χ0) is 12.3. The summed E-state index contributed by atoms with van der Waals surface area (Å²) < 4.78 is 1.64. The predicted molar refractivity (Wildman–Crippen MR) is 67.8 cm³/mol. The third-order valence-electron chi connectivity index (χ3n) is 2.63. The summed E-state index contributed by atoms with van der Waals surface area (Å²) in [5, 5.41) is 6.08. The van der Waals surface area contributed by atoms with Gasteiger partial charge in [-0.3, -0.25) is 9.48 Å². The lowest BCUT2D eigenvalue weighted by Gasteiger charge is -2.16. The van der Waals surface area contributed by atoms with E-state index in [0.717, 1.165) is 0 Å². The van der Waals surface area contributed by atoms with E-state index in [-0.39, 0.29) is 5.91 Å². The van der Waals surface area contributed by atoms with Crippen LogP contribution >= 0.6 is 11.3 Å². The fourth-order valence-corrected chi connectivity index (χ4v) is 2.48. The second kappa shape index (κ2) is 5.14. The number of carbonyl (C=O) groups excluding carboxylic acids is 1. The zero-order valence-electron chi connectivity index (χ0n) is 9.96. The first-order valence-electron chi connectivity index (χ1n) is 5.41. The Morgan fingerprint density at radius 2 is 2.41 bits per heavy atom. The van der Waals surface area contributed by atoms with Gasteiger partial charge in [-0.15, -0.1) is 11.3 Å². The molecular weight excluding hydrogens is 234 g/mol. The molecule has 0 radical (unpaired) electrons. The highest BCUT2D eigenvalue weighted by atomic mass is 32.1. The van der Waals surface area contributed by atoms with Crippen LogP contribution < -0.4 is 0 Å². The van der Waals surface area contributed by atoms with Crippen molar-refractivity contribution >= 4 is 17.2 Å². The monoisotopic (exact) mass is 249 g/mol. The van der Waals surface area contributed by atoms with Crippen molar-refractivity contribution in [2.24, 2.45) is 0 Å². The molecule has 0 aliphatic rings. The molecular formula is C12H15N3OS. The van der Waals surface area contributed by atoms with Crippen molar-refractivity contribution in [1.82, 2.24) is 14.7 Å². The van der Waals surface area contributed by atoms with Crippen molar-refractivity contribution in [2.45, 2.75) is 20.0 Å². The van der Waals surface area contributed by atoms with Gasteiger partial charge in [0, 0.05) is 24.3 Å². The van der Waals surface area contributed by atoms with E-state index < -0.39 is 0 Å². The van der Waals surface area contributed by atoms with E-state index in [1.165, 1.54) is 10.4 Å². The van der Waals surface area contributed by atoms with Crippen LogP contribution in [-0.4, -0.2) is 27.6 Å². The number of amides is 1. The molecule has 2 aromatic rings. The van der Waals surface area contributed by atoms with E-state index in [4.69, 9.17) is 0 Å². The first-order chi connectivity index (χ1) is 8.16. The number of nitrogens with zero attached hydrogens (tertiary/aromatic N) is 3. The number of carbonyl (C=O) groups is 1. The molecule has 0 aliphatic carbocycles. The maximum atomic E-state index is 11.9. The maximum Gasteiger partial charge on any atom is 0.244 e. The topological polar surface area (TPSA) is 38.1 Å². The molecule has 0 atom stereocenters. The minimum atomic E-state index is 0.0708. The van der Waals surface area contributed by atoms with Crippen LogP contribution in [0.2, 0.25) is 0 Å². The van der Waals surface area contributed by atoms with Gasteiger partial charge in [-0.05, 0) is 30.0 Å². The molecule has 2 rings (SSSR count). The minimum absolute atomic E-state index is 0.0708. The average Bonchev–Trinajstić information content (AvgIpc) is 2.91. The molecule has 0 aromatic carbocycles. The highest BCUT2D eigenvalue weighted by Crippen LogP contribution is 2.17. The standard InChI is InChI=1S/C12H15N3OS/c1-10-4-7-17-11(10)8-14(2)12(16)9-15-6-3-5-13-15/h3-7H,8-9H2,1-2H3. The third kappa shape index (κ3) is 2.94. The lowest BCUT2D eigenvalue weighted by atomic mass is 10.3. The molecule has 0 saturated heterocycles. The lowest BCUT2D eigenvalue weighted by Crippen LogP contribution is -2.29. The molecule has 0 bridgehead atoms. The summed E-state index contributed by atoms with van der Waals surface area (Å²) in [5.74, 6) is 0.0708. The van der Waals surface area contributed by atoms with Gasteiger partial charge >= 0.3 is 0 Å². The number of likely N-dealkylation sites (N-methyl/N-ethyl adjacent to an activating group) is 1. The summed E-state index contributed by atoms with van der Waals surface area (Å²) in [5.41, 5.74) is 1.24.